The molecule has 0 amide bonds. The first-order chi connectivity index (χ1) is 9.77. The molecule has 0 aromatic heterocycles. The summed E-state index contributed by atoms with van der Waals surface area (Å²) in [5.41, 5.74) is -0.138. The molecule has 1 aliphatic rings. The summed E-state index contributed by atoms with van der Waals surface area (Å²) in [6.07, 6.45) is 4.15. The van der Waals surface area contributed by atoms with Crippen LogP contribution in [0.25, 0.3) is 0 Å². The van der Waals surface area contributed by atoms with Gasteiger partial charge in [0.2, 0.25) is 10.0 Å². The molecule has 0 aliphatic heterocycles. The van der Waals surface area contributed by atoms with Crippen LogP contribution in [-0.2, 0) is 10.0 Å². The Hall–Kier alpha value is -0.500. The monoisotopic (exact) mass is 378 g/mol. The Morgan fingerprint density at radius 3 is 2.48 bits per heavy atom. The Morgan fingerprint density at radius 1 is 1.33 bits per heavy atom. The Balaban J connectivity index is 2.15. The van der Waals surface area contributed by atoms with E-state index in [1.54, 1.807) is 0 Å². The highest BCUT2D eigenvalue weighted by Crippen LogP contribution is 2.33. The third-order valence-electron chi connectivity index (χ3n) is 4.28. The van der Waals surface area contributed by atoms with Crippen molar-refractivity contribution in [2.45, 2.75) is 36.1 Å². The van der Waals surface area contributed by atoms with E-state index in [0.717, 1.165) is 31.7 Å². The van der Waals surface area contributed by atoms with Gasteiger partial charge in [0.05, 0.1) is 9.37 Å². The number of likely N-dealkylation sites (N-methyl/N-ethyl adjacent to an activating group) is 1. The van der Waals surface area contributed by atoms with Crippen LogP contribution in [0.3, 0.4) is 0 Å². The molecule has 1 saturated carbocycles. The van der Waals surface area contributed by atoms with E-state index in [-0.39, 0.29) is 14.9 Å². The van der Waals surface area contributed by atoms with Gasteiger partial charge in [-0.3, -0.25) is 0 Å². The van der Waals surface area contributed by atoms with Crippen LogP contribution in [0.2, 0.25) is 0 Å². The molecule has 1 aliphatic carbocycles. The summed E-state index contributed by atoms with van der Waals surface area (Å²) < 4.78 is 41.0. The van der Waals surface area contributed by atoms with Crippen molar-refractivity contribution in [2.75, 3.05) is 20.6 Å². The molecule has 1 N–H and O–H groups in total. The molecule has 118 valence electrons. The molecule has 0 heterocycles. The highest BCUT2D eigenvalue weighted by molar-refractivity contribution is 9.10. The summed E-state index contributed by atoms with van der Waals surface area (Å²) in [6, 6.07) is 3.83. The van der Waals surface area contributed by atoms with Crippen LogP contribution in [0.1, 0.15) is 25.7 Å². The molecular weight excluding hydrogens is 359 g/mol. The van der Waals surface area contributed by atoms with E-state index >= 15 is 0 Å². The fourth-order valence-electron chi connectivity index (χ4n) is 2.77. The zero-order chi connectivity index (χ0) is 15.7. The highest BCUT2D eigenvalue weighted by atomic mass is 79.9. The molecular formula is C14H20BrFN2O2S. The van der Waals surface area contributed by atoms with Gasteiger partial charge >= 0.3 is 0 Å². The maximum absolute atomic E-state index is 13.5. The molecule has 2 rings (SSSR count). The topological polar surface area (TPSA) is 49.4 Å². The largest absolute Gasteiger partial charge is 0.302 e. The quantitative estimate of drug-likeness (QED) is 0.856. The molecule has 0 radical (unpaired) electrons. The maximum atomic E-state index is 13.5. The number of halogens is 2. The van der Waals surface area contributed by atoms with E-state index in [1.165, 1.54) is 12.1 Å². The van der Waals surface area contributed by atoms with Crippen molar-refractivity contribution in [1.82, 2.24) is 9.62 Å². The summed E-state index contributed by atoms with van der Waals surface area (Å²) in [4.78, 5) is 2.04. The molecule has 21 heavy (non-hydrogen) atoms. The first-order valence-corrected chi connectivity index (χ1v) is 9.17. The van der Waals surface area contributed by atoms with Gasteiger partial charge < -0.3 is 4.90 Å². The van der Waals surface area contributed by atoms with Gasteiger partial charge in [0.15, 0.2) is 0 Å². The van der Waals surface area contributed by atoms with Crippen LogP contribution >= 0.6 is 15.9 Å². The summed E-state index contributed by atoms with van der Waals surface area (Å²) in [5, 5.41) is 0. The molecule has 7 heteroatoms. The molecule has 0 spiro atoms. The van der Waals surface area contributed by atoms with Gasteiger partial charge in [0.1, 0.15) is 5.82 Å². The molecule has 0 unspecified atom stereocenters. The summed E-state index contributed by atoms with van der Waals surface area (Å²) in [5.74, 6) is -0.582. The second-order valence-electron chi connectivity index (χ2n) is 5.73. The van der Waals surface area contributed by atoms with Crippen LogP contribution < -0.4 is 4.72 Å². The predicted molar refractivity (Wildman–Crippen MR) is 84.2 cm³/mol. The van der Waals surface area contributed by atoms with Gasteiger partial charge in [-0.15, -0.1) is 0 Å². The zero-order valence-electron chi connectivity index (χ0n) is 12.2. The Bertz CT molecular complexity index is 613. The van der Waals surface area contributed by atoms with Crippen LogP contribution in [0.5, 0.6) is 0 Å². The fraction of sp³-hybridized carbons (Fsp3) is 0.571. The molecule has 4 nitrogen and oxygen atoms in total. The Morgan fingerprint density at radius 2 is 1.95 bits per heavy atom. The van der Waals surface area contributed by atoms with Crippen molar-refractivity contribution in [3.05, 3.63) is 28.5 Å². The Kier molecular flexibility index (Phi) is 5.07. The van der Waals surface area contributed by atoms with E-state index in [0.29, 0.717) is 6.54 Å². The lowest BCUT2D eigenvalue weighted by molar-refractivity contribution is 0.162. The highest BCUT2D eigenvalue weighted by Gasteiger charge is 2.37. The SMILES string of the molecule is CN(C)C1(CNS(=O)(=O)c2ccc(Br)c(F)c2)CCCC1. The normalized spacial score (nSPS) is 18.3. The minimum Gasteiger partial charge on any atom is -0.302 e. The van der Waals surface area contributed by atoms with Crippen LogP contribution in [0.15, 0.2) is 27.6 Å². The predicted octanol–water partition coefficient (Wildman–Crippen LogP) is 2.74. The third-order valence-corrected chi connectivity index (χ3v) is 6.32. The second kappa shape index (κ2) is 6.32. The van der Waals surface area contributed by atoms with Crippen molar-refractivity contribution in [1.29, 1.82) is 0 Å². The minimum atomic E-state index is -3.70. The number of sulfonamides is 1. The summed E-state index contributed by atoms with van der Waals surface area (Å²) in [7, 11) is 0.246. The van der Waals surface area contributed by atoms with Crippen LogP contribution in [0, 0.1) is 5.82 Å². The number of hydrogen-bond acceptors (Lipinski definition) is 3. The van der Waals surface area contributed by atoms with Gasteiger partial charge in [0.25, 0.3) is 0 Å². The van der Waals surface area contributed by atoms with Crippen LogP contribution in [0.4, 0.5) is 4.39 Å². The number of nitrogens with zero attached hydrogens (tertiary/aromatic N) is 1. The molecule has 1 aromatic carbocycles. The first kappa shape index (κ1) is 16.9. The number of benzene rings is 1. The van der Waals surface area contributed by atoms with Crippen LogP contribution in [-0.4, -0.2) is 39.5 Å². The van der Waals surface area contributed by atoms with Crippen molar-refractivity contribution in [3.63, 3.8) is 0 Å². The second-order valence-corrected chi connectivity index (χ2v) is 8.35. The average molecular weight is 379 g/mol. The fourth-order valence-corrected chi connectivity index (χ4v) is 4.15. The van der Waals surface area contributed by atoms with Gasteiger partial charge in [-0.2, -0.15) is 0 Å². The number of rotatable bonds is 5. The summed E-state index contributed by atoms with van der Waals surface area (Å²) in [6.45, 7) is 0.347. The lowest BCUT2D eigenvalue weighted by Gasteiger charge is -2.36. The first-order valence-electron chi connectivity index (χ1n) is 6.89. The van der Waals surface area contributed by atoms with E-state index < -0.39 is 15.8 Å². The molecule has 0 bridgehead atoms. The number of hydrogen-bond donors (Lipinski definition) is 1. The van der Waals surface area contributed by atoms with E-state index in [1.807, 2.05) is 14.1 Å². The Labute approximate surface area is 133 Å². The molecule has 1 fully saturated rings. The molecule has 0 saturated heterocycles. The van der Waals surface area contributed by atoms with Gasteiger partial charge in [-0.25, -0.2) is 17.5 Å². The van der Waals surface area contributed by atoms with E-state index in [2.05, 4.69) is 25.6 Å². The number of nitrogens with one attached hydrogen (secondary N) is 1. The van der Waals surface area contributed by atoms with Crippen molar-refractivity contribution in [2.24, 2.45) is 0 Å². The van der Waals surface area contributed by atoms with Crippen molar-refractivity contribution >= 4 is 26.0 Å². The van der Waals surface area contributed by atoms with Gasteiger partial charge in [-0.1, -0.05) is 12.8 Å². The minimum absolute atomic E-state index is 0.0462. The van der Waals surface area contributed by atoms with Crippen molar-refractivity contribution in [3.8, 4) is 0 Å². The lowest BCUT2D eigenvalue weighted by atomic mass is 9.97. The lowest BCUT2D eigenvalue weighted by Crippen LogP contribution is -2.50. The third kappa shape index (κ3) is 3.64. The summed E-state index contributed by atoms with van der Waals surface area (Å²) >= 11 is 3.02. The van der Waals surface area contributed by atoms with E-state index in [9.17, 15) is 12.8 Å². The zero-order valence-corrected chi connectivity index (χ0v) is 14.6. The molecule has 0 atom stereocenters. The smallest absolute Gasteiger partial charge is 0.240 e. The van der Waals surface area contributed by atoms with Gasteiger partial charge in [0, 0.05) is 12.1 Å². The average Bonchev–Trinajstić information content (AvgIpc) is 2.90. The van der Waals surface area contributed by atoms with Gasteiger partial charge in [-0.05, 0) is 61.1 Å². The van der Waals surface area contributed by atoms with E-state index in [4.69, 9.17) is 0 Å². The maximum Gasteiger partial charge on any atom is 0.240 e. The molecule has 1 aromatic rings. The van der Waals surface area contributed by atoms with Crippen molar-refractivity contribution < 1.29 is 12.8 Å². The standard InChI is InChI=1S/C14H20BrFN2O2S/c1-18(2)14(7-3-4-8-14)10-17-21(19,20)11-5-6-12(15)13(16)9-11/h5-6,9,17H,3-4,7-8,10H2,1-2H3.